The number of carbonyl (C=O) groups excluding carboxylic acids is 1. The van der Waals surface area contributed by atoms with E-state index in [2.05, 4.69) is 5.32 Å². The van der Waals surface area contributed by atoms with Crippen LogP contribution < -0.4 is 5.32 Å². The van der Waals surface area contributed by atoms with Crippen LogP contribution in [0.5, 0.6) is 0 Å². The van der Waals surface area contributed by atoms with Crippen LogP contribution in [0.4, 0.5) is 0 Å². The van der Waals surface area contributed by atoms with Crippen molar-refractivity contribution < 1.29 is 9.90 Å². The van der Waals surface area contributed by atoms with Crippen LogP contribution in [0.25, 0.3) is 0 Å². The first-order valence-corrected chi connectivity index (χ1v) is 7.12. The number of hydrogen-bond donors (Lipinski definition) is 2. The van der Waals surface area contributed by atoms with Crippen molar-refractivity contribution in [3.8, 4) is 0 Å². The molecule has 2 atom stereocenters. The van der Waals surface area contributed by atoms with Gasteiger partial charge in [0, 0.05) is 24.7 Å². The van der Waals surface area contributed by atoms with E-state index >= 15 is 0 Å². The van der Waals surface area contributed by atoms with Crippen LogP contribution >= 0.6 is 11.8 Å². The third kappa shape index (κ3) is 2.70. The zero-order chi connectivity index (χ0) is 11.5. The molecule has 0 saturated carbocycles. The second-order valence-corrected chi connectivity index (χ2v) is 5.71. The zero-order valence-electron chi connectivity index (χ0n) is 9.69. The maximum absolute atomic E-state index is 12.1. The first kappa shape index (κ1) is 12.2. The van der Waals surface area contributed by atoms with Gasteiger partial charge in [-0.3, -0.25) is 10.1 Å². The normalized spacial score (nSPS) is 29.4. The summed E-state index contributed by atoms with van der Waals surface area (Å²) in [5.74, 6) is 2.40. The molecule has 0 aromatic rings. The number of nitrogens with zero attached hydrogens (tertiary/aromatic N) is 1. The Labute approximate surface area is 101 Å². The average molecular weight is 244 g/mol. The third-order valence-electron chi connectivity index (χ3n) is 3.55. The van der Waals surface area contributed by atoms with Gasteiger partial charge in [-0.05, 0) is 25.7 Å². The van der Waals surface area contributed by atoms with Gasteiger partial charge >= 0.3 is 0 Å². The van der Waals surface area contributed by atoms with Crippen LogP contribution in [0.2, 0.25) is 0 Å². The summed E-state index contributed by atoms with van der Waals surface area (Å²) in [6.45, 7) is 3.45. The quantitative estimate of drug-likeness (QED) is 0.732. The highest BCUT2D eigenvalue weighted by atomic mass is 32.2. The van der Waals surface area contributed by atoms with Crippen LogP contribution in [-0.2, 0) is 4.79 Å². The molecule has 2 unspecified atom stereocenters. The highest BCUT2D eigenvalue weighted by Gasteiger charge is 2.30. The lowest BCUT2D eigenvalue weighted by Gasteiger charge is -2.34. The topological polar surface area (TPSA) is 52.6 Å². The van der Waals surface area contributed by atoms with Gasteiger partial charge in [0.25, 0.3) is 0 Å². The first-order valence-electron chi connectivity index (χ1n) is 5.96. The Morgan fingerprint density at radius 1 is 1.50 bits per heavy atom. The SMILES string of the molecule is CC(O)C1CCN(C(=O)C2CSCN2)CC1. The number of nitrogens with one attached hydrogen (secondary N) is 1. The predicted molar refractivity (Wildman–Crippen MR) is 65.2 cm³/mol. The van der Waals surface area contributed by atoms with Gasteiger partial charge in [0.05, 0.1) is 12.1 Å². The van der Waals surface area contributed by atoms with Gasteiger partial charge in [0.15, 0.2) is 0 Å². The number of aliphatic hydroxyl groups is 1. The van der Waals surface area contributed by atoms with E-state index in [-0.39, 0.29) is 18.1 Å². The zero-order valence-corrected chi connectivity index (χ0v) is 10.5. The Hall–Kier alpha value is -0.260. The Morgan fingerprint density at radius 3 is 2.69 bits per heavy atom. The minimum absolute atomic E-state index is 0.0214. The summed E-state index contributed by atoms with van der Waals surface area (Å²) in [4.78, 5) is 14.0. The van der Waals surface area contributed by atoms with Crippen molar-refractivity contribution in [3.63, 3.8) is 0 Å². The molecule has 92 valence electrons. The van der Waals surface area contributed by atoms with Crippen LogP contribution in [0.15, 0.2) is 0 Å². The van der Waals surface area contributed by atoms with E-state index in [1.807, 2.05) is 11.8 Å². The molecule has 1 amide bonds. The highest BCUT2D eigenvalue weighted by Crippen LogP contribution is 2.22. The summed E-state index contributed by atoms with van der Waals surface area (Å²) < 4.78 is 0. The Morgan fingerprint density at radius 2 is 2.19 bits per heavy atom. The number of likely N-dealkylation sites (tertiary alicyclic amines) is 1. The molecule has 0 radical (unpaired) electrons. The van der Waals surface area contributed by atoms with Crippen molar-refractivity contribution in [2.24, 2.45) is 5.92 Å². The van der Waals surface area contributed by atoms with Crippen molar-refractivity contribution >= 4 is 17.7 Å². The van der Waals surface area contributed by atoms with Gasteiger partial charge in [-0.2, -0.15) is 0 Å². The van der Waals surface area contributed by atoms with Gasteiger partial charge in [-0.25, -0.2) is 0 Å². The largest absolute Gasteiger partial charge is 0.393 e. The molecule has 4 nitrogen and oxygen atoms in total. The van der Waals surface area contributed by atoms with Gasteiger partial charge in [0.1, 0.15) is 0 Å². The van der Waals surface area contributed by atoms with Crippen molar-refractivity contribution in [3.05, 3.63) is 0 Å². The van der Waals surface area contributed by atoms with E-state index in [0.29, 0.717) is 5.92 Å². The molecule has 2 aliphatic heterocycles. The number of hydrogen-bond acceptors (Lipinski definition) is 4. The molecule has 0 bridgehead atoms. The minimum Gasteiger partial charge on any atom is -0.393 e. The van der Waals surface area contributed by atoms with Crippen LogP contribution in [0.3, 0.4) is 0 Å². The van der Waals surface area contributed by atoms with Crippen molar-refractivity contribution in [1.82, 2.24) is 10.2 Å². The Kier molecular flexibility index (Phi) is 4.10. The summed E-state index contributed by atoms with van der Waals surface area (Å²) in [6, 6.07) is 0.0214. The van der Waals surface area contributed by atoms with E-state index in [1.54, 1.807) is 11.8 Å². The smallest absolute Gasteiger partial charge is 0.240 e. The number of amides is 1. The van der Waals surface area contributed by atoms with Gasteiger partial charge in [-0.1, -0.05) is 0 Å². The predicted octanol–water partition coefficient (Wildman–Crippen LogP) is 0.268. The van der Waals surface area contributed by atoms with Crippen molar-refractivity contribution in [2.45, 2.75) is 31.9 Å². The molecule has 0 aromatic heterocycles. The van der Waals surface area contributed by atoms with Gasteiger partial charge in [-0.15, -0.1) is 11.8 Å². The molecule has 0 spiro atoms. The number of rotatable bonds is 2. The fraction of sp³-hybridized carbons (Fsp3) is 0.909. The minimum atomic E-state index is -0.239. The standard InChI is InChI=1S/C11H20N2O2S/c1-8(14)9-2-4-13(5-3-9)11(15)10-6-16-7-12-10/h8-10,12,14H,2-7H2,1H3. The molecule has 2 saturated heterocycles. The second-order valence-electron chi connectivity index (χ2n) is 4.68. The maximum atomic E-state index is 12.1. The van der Waals surface area contributed by atoms with E-state index in [9.17, 15) is 9.90 Å². The van der Waals surface area contributed by atoms with Gasteiger partial charge < -0.3 is 10.0 Å². The molecule has 5 heteroatoms. The van der Waals surface area contributed by atoms with Crippen LogP contribution in [-0.4, -0.2) is 52.8 Å². The van der Waals surface area contributed by atoms with Crippen LogP contribution in [0, 0.1) is 5.92 Å². The number of carbonyl (C=O) groups is 1. The van der Waals surface area contributed by atoms with Crippen molar-refractivity contribution in [2.75, 3.05) is 24.7 Å². The second kappa shape index (κ2) is 5.38. The first-order chi connectivity index (χ1) is 7.68. The third-order valence-corrected chi connectivity index (χ3v) is 4.49. The highest BCUT2D eigenvalue weighted by molar-refractivity contribution is 7.99. The molecule has 2 N–H and O–H groups in total. The summed E-state index contributed by atoms with van der Waals surface area (Å²) in [6.07, 6.45) is 1.63. The fourth-order valence-corrected chi connectivity index (χ4v) is 3.31. The van der Waals surface area contributed by atoms with Crippen LogP contribution in [0.1, 0.15) is 19.8 Å². The summed E-state index contributed by atoms with van der Waals surface area (Å²) in [5.41, 5.74) is 0. The molecule has 2 rings (SSSR count). The van der Waals surface area contributed by atoms with Gasteiger partial charge in [0.2, 0.25) is 5.91 Å². The van der Waals surface area contributed by atoms with E-state index in [1.165, 1.54) is 0 Å². The molecule has 2 fully saturated rings. The average Bonchev–Trinajstić information content (AvgIpc) is 2.81. The number of thioether (sulfide) groups is 1. The van der Waals surface area contributed by atoms with E-state index < -0.39 is 0 Å². The number of piperidine rings is 1. The number of aliphatic hydroxyl groups excluding tert-OH is 1. The lowest BCUT2D eigenvalue weighted by atomic mass is 9.92. The molecular weight excluding hydrogens is 224 g/mol. The lowest BCUT2D eigenvalue weighted by Crippen LogP contribution is -2.48. The van der Waals surface area contributed by atoms with E-state index in [4.69, 9.17) is 0 Å². The molecule has 2 aliphatic rings. The Bertz CT molecular complexity index is 246. The fourth-order valence-electron chi connectivity index (χ4n) is 2.38. The lowest BCUT2D eigenvalue weighted by molar-refractivity contribution is -0.134. The Balaban J connectivity index is 1.81. The van der Waals surface area contributed by atoms with Crippen molar-refractivity contribution in [1.29, 1.82) is 0 Å². The molecular formula is C11H20N2O2S. The summed E-state index contributed by atoms with van der Waals surface area (Å²) in [5, 5.41) is 12.7. The summed E-state index contributed by atoms with van der Waals surface area (Å²) >= 11 is 1.78. The maximum Gasteiger partial charge on any atom is 0.240 e. The summed E-state index contributed by atoms with van der Waals surface area (Å²) in [7, 11) is 0. The molecule has 2 heterocycles. The monoisotopic (exact) mass is 244 g/mol. The molecule has 0 aromatic carbocycles. The molecule has 0 aliphatic carbocycles. The molecule has 16 heavy (non-hydrogen) atoms. The van der Waals surface area contributed by atoms with E-state index in [0.717, 1.165) is 37.6 Å².